The van der Waals surface area contributed by atoms with Crippen molar-refractivity contribution in [3.05, 3.63) is 125 Å². The van der Waals surface area contributed by atoms with Crippen LogP contribution in [0.1, 0.15) is 68.1 Å². The summed E-state index contributed by atoms with van der Waals surface area (Å²) >= 11 is 0. The molecule has 2 unspecified atom stereocenters. The molecule has 8 rings (SSSR count). The molecule has 4 nitrogen and oxygen atoms in total. The zero-order valence-corrected chi connectivity index (χ0v) is 30.1. The lowest BCUT2D eigenvalue weighted by molar-refractivity contribution is 0.0508. The van der Waals surface area contributed by atoms with E-state index in [0.717, 1.165) is 23.0 Å². The van der Waals surface area contributed by atoms with Gasteiger partial charge in [-0.15, -0.1) is 0 Å². The van der Waals surface area contributed by atoms with Crippen molar-refractivity contribution in [2.75, 3.05) is 27.8 Å². The summed E-state index contributed by atoms with van der Waals surface area (Å²) in [6, 6.07) is 32.2. The minimum atomic E-state index is 0.235. The Bertz CT molecular complexity index is 1980. The number of benzene rings is 5. The van der Waals surface area contributed by atoms with Gasteiger partial charge in [0, 0.05) is 30.9 Å². The first-order valence-corrected chi connectivity index (χ1v) is 18.4. The van der Waals surface area contributed by atoms with Gasteiger partial charge in [0.15, 0.2) is 13.6 Å². The molecule has 2 saturated carbocycles. The molecular weight excluding hydrogens is 617 g/mol. The highest BCUT2D eigenvalue weighted by Gasteiger charge is 2.35. The average Bonchev–Trinajstić information content (AvgIpc) is 3.15. The summed E-state index contributed by atoms with van der Waals surface area (Å²) in [5.41, 5.74) is 11.1. The van der Waals surface area contributed by atoms with Crippen LogP contribution in [0.5, 0.6) is 11.5 Å². The molecular formula is C46H50O4. The van der Waals surface area contributed by atoms with Crippen LogP contribution in [0.25, 0.3) is 38.2 Å². The summed E-state index contributed by atoms with van der Waals surface area (Å²) in [6.45, 7) is 4.85. The molecule has 0 spiro atoms. The molecule has 2 atom stereocenters. The zero-order valence-electron chi connectivity index (χ0n) is 30.1. The molecule has 4 heteroatoms. The third kappa shape index (κ3) is 7.10. The highest BCUT2D eigenvalue weighted by atomic mass is 16.7. The van der Waals surface area contributed by atoms with E-state index in [1.165, 1.54) is 95.2 Å². The SMILES string of the molecule is COCOc1ccc(C)cc1-c1c2ccccc2cc2ccccc12.COCOc1ccc(C)cc1C1=C2CCCCC2=CC2CCCCC12. The maximum Gasteiger partial charge on any atom is 0.188 e. The molecule has 0 radical (unpaired) electrons. The maximum atomic E-state index is 5.98. The van der Waals surface area contributed by atoms with Gasteiger partial charge in [-0.05, 0) is 133 Å². The van der Waals surface area contributed by atoms with Gasteiger partial charge < -0.3 is 18.9 Å². The van der Waals surface area contributed by atoms with E-state index in [-0.39, 0.29) is 6.79 Å². The average molecular weight is 667 g/mol. The number of hydrogen-bond acceptors (Lipinski definition) is 4. The lowest BCUT2D eigenvalue weighted by atomic mass is 9.65. The summed E-state index contributed by atoms with van der Waals surface area (Å²) in [4.78, 5) is 0. The van der Waals surface area contributed by atoms with Gasteiger partial charge in [0.1, 0.15) is 11.5 Å². The Morgan fingerprint density at radius 2 is 1.18 bits per heavy atom. The van der Waals surface area contributed by atoms with Gasteiger partial charge in [-0.1, -0.05) is 90.7 Å². The lowest BCUT2D eigenvalue weighted by Gasteiger charge is -2.40. The van der Waals surface area contributed by atoms with Gasteiger partial charge in [-0.25, -0.2) is 0 Å². The van der Waals surface area contributed by atoms with Crippen molar-refractivity contribution in [3.8, 4) is 22.6 Å². The van der Waals surface area contributed by atoms with E-state index < -0.39 is 0 Å². The van der Waals surface area contributed by atoms with Crippen LogP contribution in [-0.2, 0) is 9.47 Å². The molecule has 5 aromatic rings. The number of methoxy groups -OCH3 is 2. The van der Waals surface area contributed by atoms with Crippen molar-refractivity contribution in [2.45, 2.75) is 65.2 Å². The summed E-state index contributed by atoms with van der Waals surface area (Å²) in [5, 5.41) is 4.92. The fourth-order valence-corrected chi connectivity index (χ4v) is 8.48. The van der Waals surface area contributed by atoms with Crippen LogP contribution >= 0.6 is 0 Å². The summed E-state index contributed by atoms with van der Waals surface area (Å²) < 4.78 is 22.2. The molecule has 3 aliphatic rings. The largest absolute Gasteiger partial charge is 0.467 e. The van der Waals surface area contributed by atoms with Crippen LogP contribution in [0, 0.1) is 25.7 Å². The van der Waals surface area contributed by atoms with E-state index in [9.17, 15) is 0 Å². The second kappa shape index (κ2) is 15.7. The Morgan fingerprint density at radius 3 is 1.84 bits per heavy atom. The number of hydrogen-bond donors (Lipinski definition) is 0. The Kier molecular flexibility index (Phi) is 10.7. The van der Waals surface area contributed by atoms with Crippen LogP contribution in [0.3, 0.4) is 0 Å². The quantitative estimate of drug-likeness (QED) is 0.122. The van der Waals surface area contributed by atoms with E-state index in [2.05, 4.69) is 105 Å². The number of aryl methyl sites for hydroxylation is 2. The number of ether oxygens (including phenoxy) is 4. The molecule has 0 bridgehead atoms. The minimum Gasteiger partial charge on any atom is -0.467 e. The molecule has 0 amide bonds. The molecule has 0 aliphatic heterocycles. The highest BCUT2D eigenvalue weighted by molar-refractivity contribution is 6.13. The van der Waals surface area contributed by atoms with Crippen LogP contribution < -0.4 is 9.47 Å². The van der Waals surface area contributed by atoms with Crippen molar-refractivity contribution >= 4 is 27.1 Å². The lowest BCUT2D eigenvalue weighted by Crippen LogP contribution is -2.25. The van der Waals surface area contributed by atoms with Gasteiger partial charge >= 0.3 is 0 Å². The molecule has 3 aliphatic carbocycles. The number of rotatable bonds is 8. The molecule has 258 valence electrons. The third-order valence-electron chi connectivity index (χ3n) is 10.7. The van der Waals surface area contributed by atoms with Gasteiger partial charge in [-0.2, -0.15) is 0 Å². The van der Waals surface area contributed by atoms with Crippen molar-refractivity contribution < 1.29 is 18.9 Å². The predicted molar refractivity (Wildman–Crippen MR) is 207 cm³/mol. The smallest absolute Gasteiger partial charge is 0.188 e. The van der Waals surface area contributed by atoms with Crippen LogP contribution in [0.4, 0.5) is 0 Å². The summed E-state index contributed by atoms with van der Waals surface area (Å²) in [6.07, 6.45) is 13.2. The third-order valence-corrected chi connectivity index (χ3v) is 10.7. The van der Waals surface area contributed by atoms with Crippen LogP contribution in [0.2, 0.25) is 0 Å². The predicted octanol–water partition coefficient (Wildman–Crippen LogP) is 12.0. The Morgan fingerprint density at radius 1 is 0.600 bits per heavy atom. The van der Waals surface area contributed by atoms with Crippen molar-refractivity contribution in [1.82, 2.24) is 0 Å². The van der Waals surface area contributed by atoms with E-state index in [1.807, 2.05) is 6.07 Å². The Balaban J connectivity index is 0.000000157. The van der Waals surface area contributed by atoms with Crippen LogP contribution in [0.15, 0.2) is 108 Å². The summed E-state index contributed by atoms with van der Waals surface area (Å²) in [7, 11) is 3.33. The van der Waals surface area contributed by atoms with Crippen LogP contribution in [-0.4, -0.2) is 27.8 Å². The molecule has 0 heterocycles. The molecule has 50 heavy (non-hydrogen) atoms. The van der Waals surface area contributed by atoms with Crippen molar-refractivity contribution in [3.63, 3.8) is 0 Å². The maximum absolute atomic E-state index is 5.98. The Labute approximate surface area is 297 Å². The van der Waals surface area contributed by atoms with E-state index in [4.69, 9.17) is 18.9 Å². The minimum absolute atomic E-state index is 0.235. The summed E-state index contributed by atoms with van der Waals surface area (Å²) in [5.74, 6) is 3.24. The first kappa shape index (κ1) is 34.1. The fourth-order valence-electron chi connectivity index (χ4n) is 8.48. The zero-order chi connectivity index (χ0) is 34.5. The normalized spacial score (nSPS) is 18.5. The van der Waals surface area contributed by atoms with Gasteiger partial charge in [0.05, 0.1) is 0 Å². The van der Waals surface area contributed by atoms with Crippen molar-refractivity contribution in [2.24, 2.45) is 11.8 Å². The first-order chi connectivity index (χ1) is 24.6. The highest BCUT2D eigenvalue weighted by Crippen LogP contribution is 2.52. The fraction of sp³-hybridized carbons (Fsp3) is 0.348. The molecule has 0 N–H and O–H groups in total. The van der Waals surface area contributed by atoms with Gasteiger partial charge in [-0.3, -0.25) is 0 Å². The van der Waals surface area contributed by atoms with Crippen molar-refractivity contribution in [1.29, 1.82) is 0 Å². The monoisotopic (exact) mass is 666 g/mol. The van der Waals surface area contributed by atoms with E-state index in [1.54, 1.807) is 30.9 Å². The molecule has 5 aromatic carbocycles. The van der Waals surface area contributed by atoms with E-state index in [0.29, 0.717) is 12.7 Å². The molecule has 0 aromatic heterocycles. The first-order valence-electron chi connectivity index (χ1n) is 18.4. The molecule has 2 fully saturated rings. The second-order valence-corrected chi connectivity index (χ2v) is 14.1. The second-order valence-electron chi connectivity index (χ2n) is 14.1. The van der Waals surface area contributed by atoms with E-state index >= 15 is 0 Å². The van der Waals surface area contributed by atoms with Gasteiger partial charge in [0.25, 0.3) is 0 Å². The topological polar surface area (TPSA) is 36.9 Å². The number of allylic oxidation sites excluding steroid dienone is 4. The number of fused-ring (bicyclic) bond motifs is 4. The molecule has 0 saturated heterocycles. The standard InChI is InChI=1S/C23H30O2.C23H20O2/c2*1-16-11-12-22(25-15-24-2)21(13-16)23-19-9-5-3-7-17(19)14-18-8-4-6-10-20(18)23/h11-14,17,19H,3-10,15H2,1-2H3;3-14H,15H2,1-2H3. The van der Waals surface area contributed by atoms with Gasteiger partial charge in [0.2, 0.25) is 0 Å². The Hall–Kier alpha value is -4.38.